The first-order valence-corrected chi connectivity index (χ1v) is 12.6. The summed E-state index contributed by atoms with van der Waals surface area (Å²) in [5.74, 6) is -0.306. The molecule has 0 bridgehead atoms. The standard InChI is InChI=1S/C24H29Cl2N3O3S.ClH/c1-29(17-24(33-28-31)12-5-2-6-13-24)14-15-32-22(30)16-18-8-3-4-11-21(18)27-23-19(25)9-7-10-20(23)26;/h3-4,7-11,27H,2,5-6,12-17H2,1H3;1H. The molecule has 0 aromatic heterocycles. The van der Waals surface area contributed by atoms with E-state index in [0.29, 0.717) is 22.3 Å². The van der Waals surface area contributed by atoms with Gasteiger partial charge in [0.05, 0.1) is 26.9 Å². The van der Waals surface area contributed by atoms with Crippen molar-refractivity contribution in [1.29, 1.82) is 0 Å². The maximum Gasteiger partial charge on any atom is 0.310 e. The number of nitrogens with zero attached hydrogens (tertiary/aromatic N) is 2. The van der Waals surface area contributed by atoms with E-state index in [9.17, 15) is 9.70 Å². The molecular weight excluding hydrogens is 517 g/mol. The maximum absolute atomic E-state index is 12.5. The van der Waals surface area contributed by atoms with E-state index in [4.69, 9.17) is 27.9 Å². The number of nitroso groups, excluding NO2 is 1. The van der Waals surface area contributed by atoms with Crippen molar-refractivity contribution in [3.8, 4) is 0 Å². The Morgan fingerprint density at radius 3 is 2.47 bits per heavy atom. The van der Waals surface area contributed by atoms with E-state index in [1.165, 1.54) is 18.4 Å². The van der Waals surface area contributed by atoms with Crippen molar-refractivity contribution in [2.24, 2.45) is 4.58 Å². The van der Waals surface area contributed by atoms with Crippen molar-refractivity contribution in [3.05, 3.63) is 63.0 Å². The summed E-state index contributed by atoms with van der Waals surface area (Å²) in [5.41, 5.74) is 2.14. The molecule has 0 heterocycles. The summed E-state index contributed by atoms with van der Waals surface area (Å²) in [6.45, 7) is 1.64. The van der Waals surface area contributed by atoms with E-state index in [1.807, 2.05) is 31.3 Å². The number of rotatable bonds is 11. The lowest BCUT2D eigenvalue weighted by Gasteiger charge is -2.36. The van der Waals surface area contributed by atoms with Gasteiger partial charge in [0.15, 0.2) is 0 Å². The summed E-state index contributed by atoms with van der Waals surface area (Å²) in [6.07, 6.45) is 5.57. The molecule has 0 spiro atoms. The zero-order chi connectivity index (χ0) is 23.7. The molecule has 0 atom stereocenters. The van der Waals surface area contributed by atoms with E-state index in [2.05, 4.69) is 14.8 Å². The van der Waals surface area contributed by atoms with Crippen molar-refractivity contribution < 1.29 is 9.53 Å². The van der Waals surface area contributed by atoms with E-state index in [0.717, 1.165) is 43.5 Å². The largest absolute Gasteiger partial charge is 0.464 e. The highest BCUT2D eigenvalue weighted by atomic mass is 35.5. The third-order valence-corrected chi connectivity index (χ3v) is 7.49. The van der Waals surface area contributed by atoms with Crippen LogP contribution >= 0.6 is 47.6 Å². The molecule has 0 radical (unpaired) electrons. The third kappa shape index (κ3) is 8.31. The van der Waals surface area contributed by atoms with Gasteiger partial charge in [-0.25, -0.2) is 0 Å². The van der Waals surface area contributed by atoms with Gasteiger partial charge in [-0.15, -0.1) is 17.3 Å². The second-order valence-corrected chi connectivity index (χ2v) is 10.4. The van der Waals surface area contributed by atoms with Crippen molar-refractivity contribution in [2.45, 2.75) is 43.3 Å². The van der Waals surface area contributed by atoms with Gasteiger partial charge in [-0.1, -0.05) is 66.7 Å². The third-order valence-electron chi connectivity index (χ3n) is 5.86. The summed E-state index contributed by atoms with van der Waals surface area (Å²) in [6, 6.07) is 12.8. The summed E-state index contributed by atoms with van der Waals surface area (Å²) in [5, 5.41) is 4.24. The number of nitrogens with one attached hydrogen (secondary N) is 1. The van der Waals surface area contributed by atoms with Crippen LogP contribution in [0.15, 0.2) is 47.0 Å². The average Bonchev–Trinajstić information content (AvgIpc) is 2.78. The number of hydrogen-bond donors (Lipinski definition) is 1. The number of halogens is 3. The lowest BCUT2D eigenvalue weighted by molar-refractivity contribution is -0.143. The smallest absolute Gasteiger partial charge is 0.310 e. The quantitative estimate of drug-likeness (QED) is 0.181. The minimum absolute atomic E-state index is 0. The molecule has 10 heteroatoms. The van der Waals surface area contributed by atoms with E-state index < -0.39 is 0 Å². The van der Waals surface area contributed by atoms with Gasteiger partial charge in [0, 0.05) is 35.3 Å². The van der Waals surface area contributed by atoms with E-state index in [-0.39, 0.29) is 36.2 Å². The number of hydrogen-bond acceptors (Lipinski definition) is 7. The van der Waals surface area contributed by atoms with Gasteiger partial charge in [0.25, 0.3) is 0 Å². The van der Waals surface area contributed by atoms with Gasteiger partial charge < -0.3 is 15.0 Å². The Balaban J connectivity index is 0.00000408. The first kappa shape index (κ1) is 28.7. The Morgan fingerprint density at radius 1 is 1.12 bits per heavy atom. The number of esters is 1. The molecule has 0 amide bonds. The van der Waals surface area contributed by atoms with Gasteiger partial charge in [-0.05, 0) is 43.7 Å². The highest BCUT2D eigenvalue weighted by Crippen LogP contribution is 2.41. The molecule has 3 rings (SSSR count). The van der Waals surface area contributed by atoms with Crippen LogP contribution in [-0.4, -0.2) is 42.4 Å². The highest BCUT2D eigenvalue weighted by molar-refractivity contribution is 7.99. The number of anilines is 2. The van der Waals surface area contributed by atoms with Crippen LogP contribution in [0, 0.1) is 4.91 Å². The number of para-hydroxylation sites is 2. The minimum Gasteiger partial charge on any atom is -0.464 e. The topological polar surface area (TPSA) is 71.0 Å². The molecular formula is C24H30Cl3N3O3S. The van der Waals surface area contributed by atoms with Crippen LogP contribution in [-0.2, 0) is 16.0 Å². The van der Waals surface area contributed by atoms with Crippen molar-refractivity contribution >= 4 is 64.9 Å². The van der Waals surface area contributed by atoms with Crippen molar-refractivity contribution in [3.63, 3.8) is 0 Å². The fraction of sp³-hybridized carbons (Fsp3) is 0.458. The predicted octanol–water partition coefficient (Wildman–Crippen LogP) is 7.29. The maximum atomic E-state index is 12.5. The summed E-state index contributed by atoms with van der Waals surface area (Å²) in [4.78, 5) is 25.5. The van der Waals surface area contributed by atoms with Gasteiger partial charge >= 0.3 is 5.97 Å². The number of carbonyl (C=O) groups excluding carboxylic acids is 1. The number of carbonyl (C=O) groups is 1. The van der Waals surface area contributed by atoms with Crippen LogP contribution in [0.5, 0.6) is 0 Å². The second-order valence-electron chi connectivity index (χ2n) is 8.42. The zero-order valence-corrected chi connectivity index (χ0v) is 22.2. The van der Waals surface area contributed by atoms with Gasteiger partial charge in [-0.2, -0.15) is 0 Å². The van der Waals surface area contributed by atoms with Gasteiger partial charge in [0.1, 0.15) is 6.61 Å². The Labute approximate surface area is 221 Å². The molecule has 1 N–H and O–H groups in total. The molecule has 6 nitrogen and oxygen atoms in total. The summed E-state index contributed by atoms with van der Waals surface area (Å²) >= 11 is 13.7. The normalized spacial score (nSPS) is 14.8. The van der Waals surface area contributed by atoms with Crippen LogP contribution in [0.4, 0.5) is 11.4 Å². The van der Waals surface area contributed by atoms with Crippen LogP contribution < -0.4 is 5.32 Å². The number of ether oxygens (including phenoxy) is 1. The molecule has 2 aromatic rings. The second kappa shape index (κ2) is 14.1. The minimum atomic E-state index is -0.306. The van der Waals surface area contributed by atoms with Gasteiger partial charge in [0.2, 0.25) is 0 Å². The Hall–Kier alpha value is -1.51. The molecule has 34 heavy (non-hydrogen) atoms. The monoisotopic (exact) mass is 545 g/mol. The Bertz CT molecular complexity index is 938. The van der Waals surface area contributed by atoms with Crippen molar-refractivity contribution in [1.82, 2.24) is 4.90 Å². The summed E-state index contributed by atoms with van der Waals surface area (Å²) < 4.78 is 8.50. The van der Waals surface area contributed by atoms with Crippen LogP contribution in [0.25, 0.3) is 0 Å². The van der Waals surface area contributed by atoms with Crippen LogP contribution in [0.1, 0.15) is 37.7 Å². The fourth-order valence-electron chi connectivity index (χ4n) is 4.19. The van der Waals surface area contributed by atoms with Crippen molar-refractivity contribution in [2.75, 3.05) is 32.1 Å². The zero-order valence-electron chi connectivity index (χ0n) is 19.1. The lowest BCUT2D eigenvalue weighted by Crippen LogP contribution is -2.41. The molecule has 2 aromatic carbocycles. The van der Waals surface area contributed by atoms with Crippen LogP contribution in [0.2, 0.25) is 10.0 Å². The van der Waals surface area contributed by atoms with E-state index in [1.54, 1.807) is 18.2 Å². The Kier molecular flexibility index (Phi) is 12.0. The van der Waals surface area contributed by atoms with E-state index >= 15 is 0 Å². The number of likely N-dealkylation sites (N-methyl/N-ethyl adjacent to an activating group) is 1. The fourth-order valence-corrected chi connectivity index (χ4v) is 5.59. The molecule has 0 unspecified atom stereocenters. The molecule has 186 valence electrons. The molecule has 1 saturated carbocycles. The first-order chi connectivity index (χ1) is 15.9. The summed E-state index contributed by atoms with van der Waals surface area (Å²) in [7, 11) is 1.99. The highest BCUT2D eigenvalue weighted by Gasteiger charge is 2.35. The lowest BCUT2D eigenvalue weighted by atomic mass is 9.88. The van der Waals surface area contributed by atoms with Gasteiger partial charge in [-0.3, -0.25) is 4.79 Å². The average molecular weight is 547 g/mol. The molecule has 0 saturated heterocycles. The van der Waals surface area contributed by atoms with Crippen LogP contribution in [0.3, 0.4) is 0 Å². The SMILES string of the molecule is CN(CCOC(=O)Cc1ccccc1Nc1c(Cl)cccc1Cl)CC1(SN=O)CCCCC1.Cl. The molecule has 1 aliphatic rings. The molecule has 1 fully saturated rings. The number of benzene rings is 2. The molecule has 0 aliphatic heterocycles. The predicted molar refractivity (Wildman–Crippen MR) is 145 cm³/mol. The Morgan fingerprint density at radius 2 is 1.79 bits per heavy atom. The molecule has 1 aliphatic carbocycles. The first-order valence-electron chi connectivity index (χ1n) is 11.1.